The predicted molar refractivity (Wildman–Crippen MR) is 84.8 cm³/mol. The summed E-state index contributed by atoms with van der Waals surface area (Å²) < 4.78 is 0. The van der Waals surface area contributed by atoms with Gasteiger partial charge < -0.3 is 11.1 Å². The molecule has 1 heterocycles. The Labute approximate surface area is 124 Å². The minimum atomic E-state index is -0.0734. The van der Waals surface area contributed by atoms with Crippen molar-refractivity contribution >= 4 is 17.3 Å². The number of carbonyl (C=O) groups is 1. The maximum Gasteiger partial charge on any atom is 0.238 e. The summed E-state index contributed by atoms with van der Waals surface area (Å²) in [6.07, 6.45) is 0. The lowest BCUT2D eigenvalue weighted by Gasteiger charge is -2.16. The Morgan fingerprint density at radius 3 is 2.76 bits per heavy atom. The molecule has 0 aliphatic rings. The molecule has 3 N–H and O–H groups in total. The number of aromatic nitrogens is 1. The molecule has 0 saturated carbocycles. The quantitative estimate of drug-likeness (QED) is 0.824. The zero-order chi connectivity index (χ0) is 15.2. The number of benzene rings is 1. The lowest BCUT2D eigenvalue weighted by Crippen LogP contribution is -2.30. The summed E-state index contributed by atoms with van der Waals surface area (Å²) in [6.45, 7) is 2.88. The highest BCUT2D eigenvalue weighted by molar-refractivity contribution is 5.92. The van der Waals surface area contributed by atoms with Crippen LogP contribution in [0.2, 0.25) is 0 Å². The fourth-order valence-corrected chi connectivity index (χ4v) is 2.08. The van der Waals surface area contributed by atoms with E-state index < -0.39 is 0 Å². The van der Waals surface area contributed by atoms with Gasteiger partial charge in [-0.1, -0.05) is 12.1 Å². The number of nitrogens with one attached hydrogen (secondary N) is 1. The van der Waals surface area contributed by atoms with Crippen LogP contribution in [-0.2, 0) is 11.3 Å². The Morgan fingerprint density at radius 1 is 1.29 bits per heavy atom. The highest BCUT2D eigenvalue weighted by atomic mass is 16.2. The van der Waals surface area contributed by atoms with Gasteiger partial charge in [0.15, 0.2) is 0 Å². The largest absolute Gasteiger partial charge is 0.399 e. The van der Waals surface area contributed by atoms with E-state index in [0.29, 0.717) is 24.5 Å². The summed E-state index contributed by atoms with van der Waals surface area (Å²) in [5.74, 6) is -0.0734. The van der Waals surface area contributed by atoms with Crippen LogP contribution >= 0.6 is 0 Å². The molecule has 0 aliphatic carbocycles. The first-order chi connectivity index (χ1) is 10.0. The third-order valence-electron chi connectivity index (χ3n) is 2.96. The Kier molecular flexibility index (Phi) is 4.90. The second-order valence-electron chi connectivity index (χ2n) is 5.12. The van der Waals surface area contributed by atoms with Crippen molar-refractivity contribution in [2.45, 2.75) is 13.5 Å². The van der Waals surface area contributed by atoms with Crippen LogP contribution in [0.5, 0.6) is 0 Å². The lowest BCUT2D eigenvalue weighted by molar-refractivity contribution is -0.117. The van der Waals surface area contributed by atoms with Crippen LogP contribution in [0.1, 0.15) is 11.4 Å². The monoisotopic (exact) mass is 284 g/mol. The highest BCUT2D eigenvalue weighted by Gasteiger charge is 2.08. The third kappa shape index (κ3) is 4.89. The molecule has 1 aromatic carbocycles. The molecule has 1 aromatic heterocycles. The van der Waals surface area contributed by atoms with Gasteiger partial charge in [0.1, 0.15) is 0 Å². The van der Waals surface area contributed by atoms with Crippen molar-refractivity contribution in [1.82, 2.24) is 9.88 Å². The van der Waals surface area contributed by atoms with Crippen LogP contribution in [0.3, 0.4) is 0 Å². The Hall–Kier alpha value is -2.40. The Morgan fingerprint density at radius 2 is 2.05 bits per heavy atom. The minimum Gasteiger partial charge on any atom is -0.399 e. The molecular formula is C16H20N4O. The topological polar surface area (TPSA) is 71.2 Å². The van der Waals surface area contributed by atoms with Crippen molar-refractivity contribution in [1.29, 1.82) is 0 Å². The van der Waals surface area contributed by atoms with E-state index in [1.165, 1.54) is 0 Å². The molecule has 21 heavy (non-hydrogen) atoms. The zero-order valence-electron chi connectivity index (χ0n) is 12.3. The molecule has 5 heteroatoms. The number of nitrogens with zero attached hydrogens (tertiary/aromatic N) is 2. The first-order valence-electron chi connectivity index (χ1n) is 6.79. The van der Waals surface area contributed by atoms with E-state index in [1.54, 1.807) is 12.1 Å². The van der Waals surface area contributed by atoms with Gasteiger partial charge in [-0.15, -0.1) is 0 Å². The fourth-order valence-electron chi connectivity index (χ4n) is 2.08. The minimum absolute atomic E-state index is 0.0734. The van der Waals surface area contributed by atoms with E-state index in [4.69, 9.17) is 5.73 Å². The van der Waals surface area contributed by atoms with E-state index in [0.717, 1.165) is 11.4 Å². The first kappa shape index (κ1) is 15.0. The summed E-state index contributed by atoms with van der Waals surface area (Å²) >= 11 is 0. The molecule has 2 rings (SSSR count). The van der Waals surface area contributed by atoms with Gasteiger partial charge in [-0.05, 0) is 44.3 Å². The number of rotatable bonds is 5. The van der Waals surface area contributed by atoms with Crippen molar-refractivity contribution in [3.05, 3.63) is 53.9 Å². The van der Waals surface area contributed by atoms with Crippen LogP contribution in [0.15, 0.2) is 42.5 Å². The number of hydrogen-bond acceptors (Lipinski definition) is 4. The Balaban J connectivity index is 1.87. The van der Waals surface area contributed by atoms with Crippen molar-refractivity contribution < 1.29 is 4.79 Å². The lowest BCUT2D eigenvalue weighted by atomic mass is 10.3. The van der Waals surface area contributed by atoms with Gasteiger partial charge in [0.2, 0.25) is 5.91 Å². The summed E-state index contributed by atoms with van der Waals surface area (Å²) in [7, 11) is 1.89. The van der Waals surface area contributed by atoms with Gasteiger partial charge in [-0.25, -0.2) is 0 Å². The second kappa shape index (κ2) is 6.85. The summed E-state index contributed by atoms with van der Waals surface area (Å²) in [5, 5.41) is 2.83. The molecule has 0 fully saturated rings. The average molecular weight is 284 g/mol. The van der Waals surface area contributed by atoms with Gasteiger partial charge in [0.05, 0.1) is 12.2 Å². The van der Waals surface area contributed by atoms with Crippen molar-refractivity contribution in [2.24, 2.45) is 0 Å². The molecule has 0 aliphatic heterocycles. The third-order valence-corrected chi connectivity index (χ3v) is 2.96. The molecule has 0 radical (unpaired) electrons. The van der Waals surface area contributed by atoms with E-state index in [2.05, 4.69) is 10.3 Å². The number of likely N-dealkylation sites (N-methyl/N-ethyl adjacent to an activating group) is 1. The summed E-state index contributed by atoms with van der Waals surface area (Å²) in [5.41, 5.74) is 8.95. The van der Waals surface area contributed by atoms with E-state index in [1.807, 2.05) is 49.2 Å². The predicted octanol–water partition coefficient (Wildman–Crippen LogP) is 2.04. The van der Waals surface area contributed by atoms with Crippen molar-refractivity contribution in [3.8, 4) is 0 Å². The normalized spacial score (nSPS) is 10.6. The maximum atomic E-state index is 12.0. The fraction of sp³-hybridized carbons (Fsp3) is 0.250. The molecule has 0 saturated heterocycles. The molecule has 0 spiro atoms. The van der Waals surface area contributed by atoms with Gasteiger partial charge in [0, 0.05) is 23.6 Å². The van der Waals surface area contributed by atoms with Gasteiger partial charge in [-0.3, -0.25) is 14.7 Å². The number of hydrogen-bond donors (Lipinski definition) is 2. The molecule has 2 aromatic rings. The Bertz CT molecular complexity index is 627. The molecule has 0 atom stereocenters. The number of amides is 1. The van der Waals surface area contributed by atoms with Crippen molar-refractivity contribution in [3.63, 3.8) is 0 Å². The van der Waals surface area contributed by atoms with Crippen LogP contribution in [0.4, 0.5) is 11.4 Å². The van der Waals surface area contributed by atoms with Crippen molar-refractivity contribution in [2.75, 3.05) is 24.6 Å². The molecule has 5 nitrogen and oxygen atoms in total. The molecule has 110 valence electrons. The standard InChI is InChI=1S/C16H20N4O/c1-12-5-3-8-15(18-12)10-20(2)11-16(21)19-14-7-4-6-13(17)9-14/h3-9H,10-11,17H2,1-2H3,(H,19,21). The smallest absolute Gasteiger partial charge is 0.238 e. The number of carbonyl (C=O) groups excluding carboxylic acids is 1. The van der Waals surface area contributed by atoms with E-state index >= 15 is 0 Å². The van der Waals surface area contributed by atoms with Crippen LogP contribution in [0, 0.1) is 6.92 Å². The maximum absolute atomic E-state index is 12.0. The van der Waals surface area contributed by atoms with Gasteiger partial charge in [-0.2, -0.15) is 0 Å². The molecular weight excluding hydrogens is 264 g/mol. The van der Waals surface area contributed by atoms with Crippen LogP contribution < -0.4 is 11.1 Å². The number of pyridine rings is 1. The number of nitrogens with two attached hydrogens (primary N) is 1. The number of aryl methyl sites for hydroxylation is 1. The summed E-state index contributed by atoms with van der Waals surface area (Å²) in [6, 6.07) is 13.0. The first-order valence-corrected chi connectivity index (χ1v) is 6.79. The van der Waals surface area contributed by atoms with Gasteiger partial charge >= 0.3 is 0 Å². The average Bonchev–Trinajstić information content (AvgIpc) is 2.38. The summed E-state index contributed by atoms with van der Waals surface area (Å²) in [4.78, 5) is 18.3. The molecule has 1 amide bonds. The zero-order valence-corrected chi connectivity index (χ0v) is 12.3. The highest BCUT2D eigenvalue weighted by Crippen LogP contribution is 2.11. The van der Waals surface area contributed by atoms with Crippen LogP contribution in [0.25, 0.3) is 0 Å². The molecule has 0 unspecified atom stereocenters. The number of anilines is 2. The van der Waals surface area contributed by atoms with E-state index in [-0.39, 0.29) is 5.91 Å². The van der Waals surface area contributed by atoms with E-state index in [9.17, 15) is 4.79 Å². The second-order valence-corrected chi connectivity index (χ2v) is 5.12. The molecule has 0 bridgehead atoms. The van der Waals surface area contributed by atoms with Gasteiger partial charge in [0.25, 0.3) is 0 Å². The van der Waals surface area contributed by atoms with Crippen LogP contribution in [-0.4, -0.2) is 29.4 Å². The number of nitrogen functional groups attached to an aromatic ring is 1. The SMILES string of the molecule is Cc1cccc(CN(C)CC(=O)Nc2cccc(N)c2)n1.